The van der Waals surface area contributed by atoms with Gasteiger partial charge in [0.25, 0.3) is 0 Å². The molecule has 1 aromatic carbocycles. The van der Waals surface area contributed by atoms with Gasteiger partial charge in [-0.25, -0.2) is 0 Å². The zero-order valence-electron chi connectivity index (χ0n) is 10.7. The van der Waals surface area contributed by atoms with Gasteiger partial charge in [0, 0.05) is 10.5 Å². The van der Waals surface area contributed by atoms with Crippen molar-refractivity contribution in [3.05, 3.63) is 22.2 Å². The van der Waals surface area contributed by atoms with Crippen LogP contribution in [0.5, 0.6) is 11.5 Å². The SMILES string of the molecule is Cl.N[C@H](c1cc2c(cc1Br)OCO2)C1CCCCC1. The van der Waals surface area contributed by atoms with E-state index in [1.807, 2.05) is 12.1 Å². The van der Waals surface area contributed by atoms with Gasteiger partial charge in [0.2, 0.25) is 6.79 Å². The molecule has 2 aliphatic rings. The fraction of sp³-hybridized carbons (Fsp3) is 0.571. The van der Waals surface area contributed by atoms with E-state index in [4.69, 9.17) is 15.2 Å². The maximum absolute atomic E-state index is 6.44. The van der Waals surface area contributed by atoms with E-state index in [0.29, 0.717) is 12.7 Å². The monoisotopic (exact) mass is 347 g/mol. The molecule has 3 nitrogen and oxygen atoms in total. The lowest BCUT2D eigenvalue weighted by molar-refractivity contribution is 0.174. The van der Waals surface area contributed by atoms with Crippen LogP contribution in [0.2, 0.25) is 0 Å². The molecule has 1 aliphatic heterocycles. The Morgan fingerprint density at radius 3 is 2.42 bits per heavy atom. The average Bonchev–Trinajstić information content (AvgIpc) is 2.85. The van der Waals surface area contributed by atoms with Crippen LogP contribution >= 0.6 is 28.3 Å². The Morgan fingerprint density at radius 1 is 1.11 bits per heavy atom. The van der Waals surface area contributed by atoms with Crippen LogP contribution in [-0.4, -0.2) is 6.79 Å². The van der Waals surface area contributed by atoms with Gasteiger partial charge in [0.1, 0.15) is 0 Å². The fourth-order valence-corrected chi connectivity index (χ4v) is 3.52. The van der Waals surface area contributed by atoms with Gasteiger partial charge in [-0.3, -0.25) is 0 Å². The highest BCUT2D eigenvalue weighted by Crippen LogP contribution is 2.42. The summed E-state index contributed by atoms with van der Waals surface area (Å²) in [5.41, 5.74) is 7.58. The Balaban J connectivity index is 0.00000133. The van der Waals surface area contributed by atoms with Crippen molar-refractivity contribution in [2.24, 2.45) is 11.7 Å². The van der Waals surface area contributed by atoms with E-state index >= 15 is 0 Å². The molecule has 1 heterocycles. The second-order valence-corrected chi connectivity index (χ2v) is 6.01. The first-order chi connectivity index (χ1) is 8.75. The molecule has 1 fully saturated rings. The van der Waals surface area contributed by atoms with E-state index < -0.39 is 0 Å². The minimum Gasteiger partial charge on any atom is -0.454 e. The van der Waals surface area contributed by atoms with Crippen LogP contribution in [0.15, 0.2) is 16.6 Å². The topological polar surface area (TPSA) is 44.5 Å². The minimum atomic E-state index is 0. The Hall–Kier alpha value is -0.450. The predicted molar refractivity (Wildman–Crippen MR) is 81.0 cm³/mol. The van der Waals surface area contributed by atoms with Gasteiger partial charge in [-0.1, -0.05) is 35.2 Å². The Bertz CT molecular complexity index is 449. The molecule has 2 N–H and O–H groups in total. The normalized spacial score (nSPS) is 19.9. The smallest absolute Gasteiger partial charge is 0.231 e. The summed E-state index contributed by atoms with van der Waals surface area (Å²) in [6, 6.07) is 4.10. The Labute approximate surface area is 128 Å². The van der Waals surface area contributed by atoms with Crippen molar-refractivity contribution >= 4 is 28.3 Å². The molecule has 5 heteroatoms. The van der Waals surface area contributed by atoms with Gasteiger partial charge in [0.15, 0.2) is 11.5 Å². The molecule has 0 saturated heterocycles. The summed E-state index contributed by atoms with van der Waals surface area (Å²) in [4.78, 5) is 0. The molecule has 1 saturated carbocycles. The molecule has 0 amide bonds. The number of benzene rings is 1. The van der Waals surface area contributed by atoms with Crippen LogP contribution in [-0.2, 0) is 0 Å². The highest BCUT2D eigenvalue weighted by atomic mass is 79.9. The molecule has 1 aliphatic carbocycles. The van der Waals surface area contributed by atoms with Crippen molar-refractivity contribution in [3.63, 3.8) is 0 Å². The number of hydrogen-bond donors (Lipinski definition) is 1. The molecule has 1 aromatic rings. The summed E-state index contributed by atoms with van der Waals surface area (Å²) < 4.78 is 11.8. The molecular formula is C14H19BrClNO2. The van der Waals surface area contributed by atoms with Crippen molar-refractivity contribution in [3.8, 4) is 11.5 Å². The van der Waals surface area contributed by atoms with E-state index in [2.05, 4.69) is 15.9 Å². The Kier molecular flexibility index (Phi) is 4.98. The number of rotatable bonds is 2. The van der Waals surface area contributed by atoms with E-state index in [9.17, 15) is 0 Å². The molecule has 0 aromatic heterocycles. The van der Waals surface area contributed by atoms with Crippen molar-refractivity contribution in [1.82, 2.24) is 0 Å². The number of halogens is 2. The summed E-state index contributed by atoms with van der Waals surface area (Å²) in [6.07, 6.45) is 6.44. The first kappa shape index (κ1) is 14.9. The number of nitrogens with two attached hydrogens (primary N) is 1. The van der Waals surface area contributed by atoms with E-state index in [1.165, 1.54) is 32.1 Å². The summed E-state index contributed by atoms with van der Waals surface area (Å²) >= 11 is 3.60. The highest BCUT2D eigenvalue weighted by molar-refractivity contribution is 9.10. The predicted octanol–water partition coefficient (Wildman–Crippen LogP) is 4.18. The van der Waals surface area contributed by atoms with Crippen molar-refractivity contribution in [1.29, 1.82) is 0 Å². The average molecular weight is 349 g/mol. The summed E-state index contributed by atoms with van der Waals surface area (Å²) in [5.74, 6) is 2.22. The van der Waals surface area contributed by atoms with E-state index in [-0.39, 0.29) is 18.4 Å². The lowest BCUT2D eigenvalue weighted by Gasteiger charge is -2.28. The van der Waals surface area contributed by atoms with Crippen LogP contribution in [0.3, 0.4) is 0 Å². The van der Waals surface area contributed by atoms with Crippen LogP contribution in [0.4, 0.5) is 0 Å². The summed E-state index contributed by atoms with van der Waals surface area (Å²) in [5, 5.41) is 0. The van der Waals surface area contributed by atoms with Gasteiger partial charge in [-0.2, -0.15) is 0 Å². The van der Waals surface area contributed by atoms with Gasteiger partial charge < -0.3 is 15.2 Å². The molecule has 0 spiro atoms. The van der Waals surface area contributed by atoms with Gasteiger partial charge in [-0.15, -0.1) is 12.4 Å². The molecule has 19 heavy (non-hydrogen) atoms. The lowest BCUT2D eigenvalue weighted by Crippen LogP contribution is -2.23. The first-order valence-electron chi connectivity index (χ1n) is 6.60. The van der Waals surface area contributed by atoms with Crippen LogP contribution in [0.1, 0.15) is 43.7 Å². The molecular weight excluding hydrogens is 330 g/mol. The maximum Gasteiger partial charge on any atom is 0.231 e. The highest BCUT2D eigenvalue weighted by Gasteiger charge is 2.26. The minimum absolute atomic E-state index is 0. The standard InChI is InChI=1S/C14H18BrNO2.ClH/c15-11-7-13-12(17-8-18-13)6-10(11)14(16)9-4-2-1-3-5-9;/h6-7,9,14H,1-5,8,16H2;1H/t14-;/m0./s1. The molecule has 0 radical (unpaired) electrons. The zero-order chi connectivity index (χ0) is 12.5. The van der Waals surface area contributed by atoms with Crippen molar-refractivity contribution in [2.75, 3.05) is 6.79 Å². The first-order valence-corrected chi connectivity index (χ1v) is 7.39. The second-order valence-electron chi connectivity index (χ2n) is 5.15. The summed E-state index contributed by atoms with van der Waals surface area (Å²) in [6.45, 7) is 0.309. The molecule has 106 valence electrons. The number of hydrogen-bond acceptors (Lipinski definition) is 3. The van der Waals surface area contributed by atoms with E-state index in [0.717, 1.165) is 21.5 Å². The molecule has 0 bridgehead atoms. The van der Waals surface area contributed by atoms with Crippen LogP contribution < -0.4 is 15.2 Å². The number of ether oxygens (including phenoxy) is 2. The van der Waals surface area contributed by atoms with Crippen molar-refractivity contribution < 1.29 is 9.47 Å². The third kappa shape index (κ3) is 3.01. The quantitative estimate of drug-likeness (QED) is 0.872. The molecule has 0 unspecified atom stereocenters. The van der Waals surface area contributed by atoms with Crippen LogP contribution in [0, 0.1) is 5.92 Å². The summed E-state index contributed by atoms with van der Waals surface area (Å²) in [7, 11) is 0. The Morgan fingerprint density at radius 2 is 1.74 bits per heavy atom. The third-order valence-corrected chi connectivity index (χ3v) is 4.70. The lowest BCUT2D eigenvalue weighted by atomic mass is 9.81. The van der Waals surface area contributed by atoms with Gasteiger partial charge in [-0.05, 0) is 36.5 Å². The van der Waals surface area contributed by atoms with Gasteiger partial charge in [0.05, 0.1) is 0 Å². The zero-order valence-corrected chi connectivity index (χ0v) is 13.1. The number of fused-ring (bicyclic) bond motifs is 1. The van der Waals surface area contributed by atoms with Gasteiger partial charge >= 0.3 is 0 Å². The second kappa shape index (κ2) is 6.33. The third-order valence-electron chi connectivity index (χ3n) is 4.01. The largest absolute Gasteiger partial charge is 0.454 e. The van der Waals surface area contributed by atoms with E-state index in [1.54, 1.807) is 0 Å². The van der Waals surface area contributed by atoms with Crippen LogP contribution in [0.25, 0.3) is 0 Å². The molecule has 3 rings (SSSR count). The fourth-order valence-electron chi connectivity index (χ4n) is 2.94. The molecule has 1 atom stereocenters. The maximum atomic E-state index is 6.44. The van der Waals surface area contributed by atoms with Crippen molar-refractivity contribution in [2.45, 2.75) is 38.1 Å².